The standard InChI is InChI=1S/C10H13N5O/c1-15-6-5-9(14-15)12-8-4-3-7(11)10(13-8)16-2/h3-6H,11H2,1-2H3,(H,12,13,14). The minimum atomic E-state index is 0.404. The number of nitrogens with zero attached hydrogens (tertiary/aromatic N) is 3. The third kappa shape index (κ3) is 2.05. The Morgan fingerprint density at radius 1 is 1.31 bits per heavy atom. The van der Waals surface area contributed by atoms with E-state index in [-0.39, 0.29) is 0 Å². The van der Waals surface area contributed by atoms with Crippen molar-refractivity contribution in [3.05, 3.63) is 24.4 Å². The highest BCUT2D eigenvalue weighted by Gasteiger charge is 2.04. The van der Waals surface area contributed by atoms with Crippen LogP contribution >= 0.6 is 0 Å². The van der Waals surface area contributed by atoms with Gasteiger partial charge in [0.2, 0.25) is 5.88 Å². The van der Waals surface area contributed by atoms with Gasteiger partial charge in [0.25, 0.3) is 0 Å². The number of aromatic nitrogens is 3. The maximum absolute atomic E-state index is 5.66. The SMILES string of the molecule is COc1nc(Nc2ccn(C)n2)ccc1N. The van der Waals surface area contributed by atoms with Crippen molar-refractivity contribution in [3.63, 3.8) is 0 Å². The molecular formula is C10H13N5O. The number of nitrogens with one attached hydrogen (secondary N) is 1. The molecule has 0 aliphatic carbocycles. The monoisotopic (exact) mass is 219 g/mol. The number of nitrogen functional groups attached to an aromatic ring is 1. The van der Waals surface area contributed by atoms with Gasteiger partial charge < -0.3 is 15.8 Å². The van der Waals surface area contributed by atoms with Gasteiger partial charge in [-0.05, 0) is 12.1 Å². The van der Waals surface area contributed by atoms with Crippen LogP contribution in [0.5, 0.6) is 5.88 Å². The molecule has 0 aliphatic rings. The van der Waals surface area contributed by atoms with E-state index in [2.05, 4.69) is 15.4 Å². The summed E-state index contributed by atoms with van der Waals surface area (Å²) in [5.74, 6) is 1.77. The fourth-order valence-electron chi connectivity index (χ4n) is 1.30. The van der Waals surface area contributed by atoms with Crippen LogP contribution in [0.15, 0.2) is 24.4 Å². The second-order valence-corrected chi connectivity index (χ2v) is 3.29. The molecular weight excluding hydrogens is 206 g/mol. The minimum absolute atomic E-state index is 0.404. The first-order valence-corrected chi connectivity index (χ1v) is 4.76. The van der Waals surface area contributed by atoms with E-state index in [1.54, 1.807) is 16.8 Å². The van der Waals surface area contributed by atoms with E-state index in [9.17, 15) is 0 Å². The van der Waals surface area contributed by atoms with E-state index in [0.29, 0.717) is 17.4 Å². The Morgan fingerprint density at radius 3 is 2.75 bits per heavy atom. The lowest BCUT2D eigenvalue weighted by atomic mass is 10.4. The minimum Gasteiger partial charge on any atom is -0.479 e. The number of ether oxygens (including phenoxy) is 1. The topological polar surface area (TPSA) is 78.0 Å². The van der Waals surface area contributed by atoms with E-state index in [1.165, 1.54) is 7.11 Å². The molecule has 16 heavy (non-hydrogen) atoms. The highest BCUT2D eigenvalue weighted by molar-refractivity contribution is 5.58. The molecule has 2 heterocycles. The van der Waals surface area contributed by atoms with Gasteiger partial charge in [-0.2, -0.15) is 10.1 Å². The molecule has 6 nitrogen and oxygen atoms in total. The van der Waals surface area contributed by atoms with Crippen molar-refractivity contribution < 1.29 is 4.74 Å². The molecule has 0 bridgehead atoms. The number of anilines is 3. The number of rotatable bonds is 3. The molecule has 2 aromatic rings. The molecule has 84 valence electrons. The fraction of sp³-hybridized carbons (Fsp3) is 0.200. The Balaban J connectivity index is 2.21. The molecule has 0 fully saturated rings. The molecule has 0 aliphatic heterocycles. The van der Waals surface area contributed by atoms with E-state index in [1.807, 2.05) is 19.3 Å². The predicted molar refractivity (Wildman–Crippen MR) is 61.7 cm³/mol. The van der Waals surface area contributed by atoms with Gasteiger partial charge in [-0.15, -0.1) is 0 Å². The van der Waals surface area contributed by atoms with Gasteiger partial charge in [-0.3, -0.25) is 4.68 Å². The van der Waals surface area contributed by atoms with E-state index in [0.717, 1.165) is 5.82 Å². The molecule has 0 amide bonds. The van der Waals surface area contributed by atoms with E-state index < -0.39 is 0 Å². The maximum Gasteiger partial charge on any atom is 0.238 e. The van der Waals surface area contributed by atoms with Crippen molar-refractivity contribution in [2.45, 2.75) is 0 Å². The van der Waals surface area contributed by atoms with Crippen molar-refractivity contribution in [2.24, 2.45) is 7.05 Å². The second kappa shape index (κ2) is 4.09. The van der Waals surface area contributed by atoms with Crippen LogP contribution in [0.1, 0.15) is 0 Å². The van der Waals surface area contributed by atoms with Gasteiger partial charge in [0, 0.05) is 19.3 Å². The zero-order valence-electron chi connectivity index (χ0n) is 9.14. The lowest BCUT2D eigenvalue weighted by Crippen LogP contribution is -2.00. The zero-order valence-corrected chi connectivity index (χ0v) is 9.14. The molecule has 0 atom stereocenters. The second-order valence-electron chi connectivity index (χ2n) is 3.29. The van der Waals surface area contributed by atoms with Gasteiger partial charge in [-0.1, -0.05) is 0 Å². The smallest absolute Gasteiger partial charge is 0.238 e. The lowest BCUT2D eigenvalue weighted by molar-refractivity contribution is 0.401. The van der Waals surface area contributed by atoms with Crippen LogP contribution in [-0.2, 0) is 7.05 Å². The summed E-state index contributed by atoms with van der Waals surface area (Å²) in [6.45, 7) is 0. The van der Waals surface area contributed by atoms with Crippen LogP contribution < -0.4 is 15.8 Å². The van der Waals surface area contributed by atoms with Crippen LogP contribution in [0.3, 0.4) is 0 Å². The average molecular weight is 219 g/mol. The predicted octanol–water partition coefficient (Wildman–Crippen LogP) is 1.15. The van der Waals surface area contributed by atoms with Crippen molar-refractivity contribution >= 4 is 17.3 Å². The van der Waals surface area contributed by atoms with Crippen LogP contribution in [0.4, 0.5) is 17.3 Å². The number of aryl methyl sites for hydroxylation is 1. The third-order valence-corrected chi connectivity index (χ3v) is 2.05. The number of hydrogen-bond donors (Lipinski definition) is 2. The molecule has 0 radical (unpaired) electrons. The normalized spacial score (nSPS) is 10.1. The summed E-state index contributed by atoms with van der Waals surface area (Å²) in [6.07, 6.45) is 1.84. The van der Waals surface area contributed by atoms with Gasteiger partial charge in [-0.25, -0.2) is 0 Å². The summed E-state index contributed by atoms with van der Waals surface area (Å²) in [4.78, 5) is 4.19. The van der Waals surface area contributed by atoms with Gasteiger partial charge in [0.05, 0.1) is 12.8 Å². The summed E-state index contributed by atoms with van der Waals surface area (Å²) in [5, 5.41) is 7.23. The number of nitrogens with two attached hydrogens (primary N) is 1. The van der Waals surface area contributed by atoms with Gasteiger partial charge in [0.15, 0.2) is 5.82 Å². The van der Waals surface area contributed by atoms with Gasteiger partial charge in [0.1, 0.15) is 5.82 Å². The molecule has 0 aromatic carbocycles. The maximum atomic E-state index is 5.66. The van der Waals surface area contributed by atoms with Crippen molar-refractivity contribution in [1.82, 2.24) is 14.8 Å². The highest BCUT2D eigenvalue weighted by Crippen LogP contribution is 2.21. The quantitative estimate of drug-likeness (QED) is 0.809. The van der Waals surface area contributed by atoms with Crippen molar-refractivity contribution in [1.29, 1.82) is 0 Å². The van der Waals surface area contributed by atoms with Crippen LogP contribution in [0, 0.1) is 0 Å². The highest BCUT2D eigenvalue weighted by atomic mass is 16.5. The lowest BCUT2D eigenvalue weighted by Gasteiger charge is -2.06. The van der Waals surface area contributed by atoms with Crippen LogP contribution in [0.25, 0.3) is 0 Å². The Labute approximate surface area is 93.0 Å². The summed E-state index contributed by atoms with van der Waals surface area (Å²) >= 11 is 0. The first-order valence-electron chi connectivity index (χ1n) is 4.76. The van der Waals surface area contributed by atoms with Crippen LogP contribution in [-0.4, -0.2) is 21.9 Å². The fourth-order valence-corrected chi connectivity index (χ4v) is 1.30. The average Bonchev–Trinajstić information content (AvgIpc) is 2.67. The number of hydrogen-bond acceptors (Lipinski definition) is 5. The molecule has 2 aromatic heterocycles. The summed E-state index contributed by atoms with van der Waals surface area (Å²) < 4.78 is 6.73. The zero-order chi connectivity index (χ0) is 11.5. The first kappa shape index (κ1) is 10.3. The number of pyridine rings is 1. The summed E-state index contributed by atoms with van der Waals surface area (Å²) in [7, 11) is 3.38. The largest absolute Gasteiger partial charge is 0.479 e. The summed E-state index contributed by atoms with van der Waals surface area (Å²) in [6, 6.07) is 5.36. The van der Waals surface area contributed by atoms with E-state index in [4.69, 9.17) is 10.5 Å². The third-order valence-electron chi connectivity index (χ3n) is 2.05. The van der Waals surface area contributed by atoms with Crippen molar-refractivity contribution in [3.8, 4) is 5.88 Å². The van der Waals surface area contributed by atoms with Gasteiger partial charge >= 0.3 is 0 Å². The molecule has 6 heteroatoms. The Kier molecular flexibility index (Phi) is 2.63. The molecule has 0 spiro atoms. The first-order chi connectivity index (χ1) is 7.69. The molecule has 2 rings (SSSR count). The molecule has 3 N–H and O–H groups in total. The Hall–Kier alpha value is -2.24. The van der Waals surface area contributed by atoms with E-state index >= 15 is 0 Å². The molecule has 0 unspecified atom stereocenters. The number of methoxy groups -OCH3 is 1. The summed E-state index contributed by atoms with van der Waals surface area (Å²) in [5.41, 5.74) is 6.17. The van der Waals surface area contributed by atoms with Crippen molar-refractivity contribution in [2.75, 3.05) is 18.2 Å². The Morgan fingerprint density at radius 2 is 2.12 bits per heavy atom. The van der Waals surface area contributed by atoms with Crippen LogP contribution in [0.2, 0.25) is 0 Å². The molecule has 0 saturated heterocycles. The Bertz CT molecular complexity index is 494. The molecule has 0 saturated carbocycles.